The molecular weight excluding hydrogens is 258 g/mol. The minimum atomic E-state index is -0.331. The lowest BCUT2D eigenvalue weighted by molar-refractivity contribution is -0.116. The smallest absolute Gasteiger partial charge is 0.151 e. The van der Waals surface area contributed by atoms with Gasteiger partial charge in [0.15, 0.2) is 5.78 Å². The van der Waals surface area contributed by atoms with Gasteiger partial charge >= 0.3 is 0 Å². The van der Waals surface area contributed by atoms with E-state index in [1.807, 2.05) is 0 Å². The Morgan fingerprint density at radius 1 is 1.54 bits per heavy atom. The number of rotatable bonds is 3. The van der Waals surface area contributed by atoms with Crippen LogP contribution in [0.3, 0.4) is 0 Å². The average Bonchev–Trinajstić information content (AvgIpc) is 2.11. The molecule has 1 aromatic carbocycles. The fourth-order valence-electron chi connectivity index (χ4n) is 0.925. The molecule has 0 amide bonds. The molecule has 0 unspecified atom stereocenters. The molecule has 0 aliphatic carbocycles. The quantitative estimate of drug-likeness (QED) is 0.768. The molecule has 4 heteroatoms. The van der Waals surface area contributed by atoms with Gasteiger partial charge in [-0.05, 0) is 33.6 Å². The summed E-state index contributed by atoms with van der Waals surface area (Å²) in [5, 5.41) is 0. The second-order valence-corrected chi connectivity index (χ2v) is 3.72. The van der Waals surface area contributed by atoms with E-state index in [9.17, 15) is 9.18 Å². The number of benzene rings is 1. The third-order valence-electron chi connectivity index (χ3n) is 1.53. The number of alkyl halides is 1. The molecule has 1 rings (SSSR count). The van der Waals surface area contributed by atoms with Crippen LogP contribution in [-0.4, -0.2) is 11.7 Å². The maximum absolute atomic E-state index is 12.8. The van der Waals surface area contributed by atoms with Crippen LogP contribution < -0.4 is 0 Å². The van der Waals surface area contributed by atoms with Gasteiger partial charge in [-0.25, -0.2) is 4.39 Å². The zero-order valence-electron chi connectivity index (χ0n) is 6.69. The van der Waals surface area contributed by atoms with Crippen molar-refractivity contribution >= 4 is 33.3 Å². The highest BCUT2D eigenvalue weighted by Gasteiger charge is 2.04. The Hall–Kier alpha value is -0.410. The molecule has 0 N–H and O–H groups in total. The van der Waals surface area contributed by atoms with Crippen molar-refractivity contribution in [2.24, 2.45) is 0 Å². The van der Waals surface area contributed by atoms with Crippen molar-refractivity contribution in [3.63, 3.8) is 0 Å². The molecule has 0 aromatic heterocycles. The summed E-state index contributed by atoms with van der Waals surface area (Å²) in [5.41, 5.74) is 0.763. The maximum Gasteiger partial charge on any atom is 0.151 e. The third kappa shape index (κ3) is 3.08. The number of carbonyl (C=O) groups excluding carboxylic acids is 1. The van der Waals surface area contributed by atoms with Gasteiger partial charge < -0.3 is 0 Å². The molecule has 1 aromatic rings. The Kier molecular flexibility index (Phi) is 3.88. The van der Waals surface area contributed by atoms with Crippen LogP contribution in [0.4, 0.5) is 4.39 Å². The van der Waals surface area contributed by atoms with Crippen LogP contribution in [0, 0.1) is 5.82 Å². The summed E-state index contributed by atoms with van der Waals surface area (Å²) in [6.07, 6.45) is 0.252. The summed E-state index contributed by atoms with van der Waals surface area (Å²) >= 11 is 8.38. The van der Waals surface area contributed by atoms with Crippen LogP contribution >= 0.6 is 27.5 Å². The summed E-state index contributed by atoms with van der Waals surface area (Å²) < 4.78 is 13.1. The molecule has 1 nitrogen and oxygen atoms in total. The largest absolute Gasteiger partial charge is 0.298 e. The number of hydrogen-bond acceptors (Lipinski definition) is 1. The maximum atomic E-state index is 12.8. The highest BCUT2D eigenvalue weighted by molar-refractivity contribution is 9.10. The Balaban J connectivity index is 2.79. The molecule has 0 aliphatic rings. The molecule has 0 radical (unpaired) electrons. The van der Waals surface area contributed by atoms with E-state index >= 15 is 0 Å². The fourth-order valence-corrected chi connectivity index (χ4v) is 1.45. The van der Waals surface area contributed by atoms with Crippen LogP contribution in [0.2, 0.25) is 0 Å². The van der Waals surface area contributed by atoms with E-state index in [-0.39, 0.29) is 23.9 Å². The number of Topliss-reactive ketones (excluding diaryl/α,β-unsaturated/α-hetero) is 1. The van der Waals surface area contributed by atoms with E-state index in [2.05, 4.69) is 15.9 Å². The SMILES string of the molecule is O=C(CCl)Cc1ccc(F)c(Br)c1. The molecule has 70 valence electrons. The van der Waals surface area contributed by atoms with E-state index in [1.165, 1.54) is 6.07 Å². The van der Waals surface area contributed by atoms with Crippen molar-refractivity contribution in [1.82, 2.24) is 0 Å². The molecule has 0 aliphatic heterocycles. The second-order valence-electron chi connectivity index (χ2n) is 2.60. The topological polar surface area (TPSA) is 17.1 Å². The summed E-state index contributed by atoms with van der Waals surface area (Å²) in [7, 11) is 0. The minimum Gasteiger partial charge on any atom is -0.298 e. The van der Waals surface area contributed by atoms with Crippen molar-refractivity contribution in [3.05, 3.63) is 34.1 Å². The lowest BCUT2D eigenvalue weighted by atomic mass is 10.1. The first-order valence-electron chi connectivity index (χ1n) is 3.65. The molecule has 0 saturated carbocycles. The van der Waals surface area contributed by atoms with Crippen LogP contribution in [-0.2, 0) is 11.2 Å². The number of carbonyl (C=O) groups is 1. The lowest BCUT2D eigenvalue weighted by Gasteiger charge is -2.00. The standard InChI is InChI=1S/C9H7BrClFO/c10-8-4-6(1-2-9(8)12)3-7(13)5-11/h1-2,4H,3,5H2. The third-order valence-corrected chi connectivity index (χ3v) is 2.44. The molecule has 0 spiro atoms. The Labute approximate surface area is 89.0 Å². The monoisotopic (exact) mass is 264 g/mol. The first-order valence-corrected chi connectivity index (χ1v) is 4.98. The summed E-state index contributed by atoms with van der Waals surface area (Å²) in [5.74, 6) is -0.406. The molecule has 0 bridgehead atoms. The lowest BCUT2D eigenvalue weighted by Crippen LogP contribution is -2.03. The first-order chi connectivity index (χ1) is 6.13. The predicted octanol–water partition coefficient (Wildman–Crippen LogP) is 2.94. The number of halogens is 3. The van der Waals surface area contributed by atoms with Gasteiger partial charge in [0.25, 0.3) is 0 Å². The van der Waals surface area contributed by atoms with Crippen molar-refractivity contribution in [1.29, 1.82) is 0 Å². The van der Waals surface area contributed by atoms with Crippen LogP contribution in [0.15, 0.2) is 22.7 Å². The zero-order valence-corrected chi connectivity index (χ0v) is 9.03. The zero-order chi connectivity index (χ0) is 9.84. The Morgan fingerprint density at radius 3 is 2.77 bits per heavy atom. The van der Waals surface area contributed by atoms with E-state index in [0.29, 0.717) is 4.47 Å². The summed E-state index contributed by atoms with van der Waals surface area (Å²) in [4.78, 5) is 10.9. The van der Waals surface area contributed by atoms with Gasteiger partial charge in [-0.15, -0.1) is 11.6 Å². The van der Waals surface area contributed by atoms with Gasteiger partial charge in [-0.2, -0.15) is 0 Å². The molecule has 0 saturated heterocycles. The van der Waals surface area contributed by atoms with Gasteiger partial charge in [-0.1, -0.05) is 6.07 Å². The molecule has 0 heterocycles. The van der Waals surface area contributed by atoms with Gasteiger partial charge in [0.05, 0.1) is 10.4 Å². The minimum absolute atomic E-state index is 0.00496. The molecule has 0 fully saturated rings. The fraction of sp³-hybridized carbons (Fsp3) is 0.222. The van der Waals surface area contributed by atoms with Crippen LogP contribution in [0.25, 0.3) is 0 Å². The van der Waals surface area contributed by atoms with E-state index in [1.54, 1.807) is 12.1 Å². The van der Waals surface area contributed by atoms with E-state index in [4.69, 9.17) is 11.6 Å². The van der Waals surface area contributed by atoms with Crippen LogP contribution in [0.5, 0.6) is 0 Å². The van der Waals surface area contributed by atoms with Crippen molar-refractivity contribution in [2.75, 3.05) is 5.88 Å². The Morgan fingerprint density at radius 2 is 2.23 bits per heavy atom. The Bertz CT molecular complexity index is 327. The predicted molar refractivity (Wildman–Crippen MR) is 53.5 cm³/mol. The number of ketones is 1. The highest BCUT2D eigenvalue weighted by Crippen LogP contribution is 2.17. The van der Waals surface area contributed by atoms with Gasteiger partial charge in [0, 0.05) is 6.42 Å². The summed E-state index contributed by atoms with van der Waals surface area (Å²) in [6.45, 7) is 0. The highest BCUT2D eigenvalue weighted by atomic mass is 79.9. The van der Waals surface area contributed by atoms with Gasteiger partial charge in [0.2, 0.25) is 0 Å². The molecule has 13 heavy (non-hydrogen) atoms. The molecule has 0 atom stereocenters. The summed E-state index contributed by atoms with van der Waals surface area (Å²) in [6, 6.07) is 4.48. The van der Waals surface area contributed by atoms with E-state index < -0.39 is 0 Å². The van der Waals surface area contributed by atoms with Crippen molar-refractivity contribution < 1.29 is 9.18 Å². The van der Waals surface area contributed by atoms with E-state index in [0.717, 1.165) is 5.56 Å². The van der Waals surface area contributed by atoms with Crippen LogP contribution in [0.1, 0.15) is 5.56 Å². The van der Waals surface area contributed by atoms with Gasteiger partial charge in [-0.3, -0.25) is 4.79 Å². The average molecular weight is 266 g/mol. The van der Waals surface area contributed by atoms with Gasteiger partial charge in [0.1, 0.15) is 5.82 Å². The normalized spacial score (nSPS) is 10.1. The second kappa shape index (κ2) is 4.72. The first kappa shape index (κ1) is 10.7. The van der Waals surface area contributed by atoms with Crippen molar-refractivity contribution in [3.8, 4) is 0 Å². The molecular formula is C9H7BrClFO. The van der Waals surface area contributed by atoms with Crippen molar-refractivity contribution in [2.45, 2.75) is 6.42 Å². The number of hydrogen-bond donors (Lipinski definition) is 0.